The lowest BCUT2D eigenvalue weighted by Gasteiger charge is -2.28. The highest BCUT2D eigenvalue weighted by Gasteiger charge is 2.57. The molecule has 1 unspecified atom stereocenters. The Morgan fingerprint density at radius 3 is 1.91 bits per heavy atom. The van der Waals surface area contributed by atoms with E-state index < -0.39 is 34.4 Å². The average molecular weight is 743 g/mol. The maximum Gasteiger partial charge on any atom is 0.259 e. The Morgan fingerprint density at radius 2 is 1.25 bits per heavy atom. The van der Waals surface area contributed by atoms with Crippen molar-refractivity contribution < 1.29 is 49.4 Å². The van der Waals surface area contributed by atoms with Gasteiger partial charge in [0, 0.05) is 22.8 Å². The molecule has 282 valence electrons. The summed E-state index contributed by atoms with van der Waals surface area (Å²) >= 11 is 0. The first-order valence-corrected chi connectivity index (χ1v) is 17.7. The summed E-state index contributed by atoms with van der Waals surface area (Å²) in [5, 5.41) is 54.1. The summed E-state index contributed by atoms with van der Waals surface area (Å²) in [5.74, 6) is -4.12. The lowest BCUT2D eigenvalue weighted by Crippen LogP contribution is -2.46. The van der Waals surface area contributed by atoms with Gasteiger partial charge in [0.1, 0.15) is 28.7 Å². The number of Topliss-reactive ketones (excluding diaryl/α,β-unsaturated/α-hetero) is 3. The first kappa shape index (κ1) is 38.2. The molecule has 0 aliphatic carbocycles. The van der Waals surface area contributed by atoms with E-state index in [1.165, 1.54) is 48.5 Å². The van der Waals surface area contributed by atoms with E-state index in [2.05, 4.69) is 0 Å². The molecule has 10 heteroatoms. The van der Waals surface area contributed by atoms with E-state index >= 15 is 4.79 Å². The van der Waals surface area contributed by atoms with Crippen LogP contribution in [-0.2, 0) is 24.9 Å². The molecule has 2 heterocycles. The summed E-state index contributed by atoms with van der Waals surface area (Å²) in [6, 6.07) is 11.8. The Bertz CT molecular complexity index is 2410. The number of aromatic hydroxyl groups is 5. The Kier molecular flexibility index (Phi) is 10.2. The number of carbonyl (C=O) groups is 3. The average Bonchev–Trinajstić information content (AvgIpc) is 3.59. The molecule has 2 aliphatic rings. The summed E-state index contributed by atoms with van der Waals surface area (Å²) in [4.78, 5) is 43.8. The third-order valence-corrected chi connectivity index (χ3v) is 9.57. The molecule has 4 aromatic rings. The molecule has 0 saturated heterocycles. The lowest BCUT2D eigenvalue weighted by molar-refractivity contribution is 0.0451. The normalized spacial score (nSPS) is 16.2. The molecule has 0 amide bonds. The number of phenols is 5. The van der Waals surface area contributed by atoms with E-state index in [1.54, 1.807) is 0 Å². The van der Waals surface area contributed by atoms with Gasteiger partial charge in [-0.3, -0.25) is 14.4 Å². The molecule has 4 aromatic carbocycles. The van der Waals surface area contributed by atoms with Crippen LogP contribution in [0.15, 0.2) is 95.3 Å². The number of rotatable bonds is 10. The van der Waals surface area contributed by atoms with Gasteiger partial charge in [0.05, 0.1) is 11.1 Å². The maximum atomic E-state index is 15.1. The minimum atomic E-state index is -2.56. The van der Waals surface area contributed by atoms with Crippen LogP contribution >= 0.6 is 0 Å². The van der Waals surface area contributed by atoms with Gasteiger partial charge in [-0.05, 0) is 132 Å². The SMILES string of the molecule is CC(C)=CCc1cc(C(=O)C2(c3cc(O)c(O)cc3C=C3Oc4c(ccc(O)c4CC=C(C)C)C3=O)Oc3cc(O)c(CC=C(C)C)cc3C2=O)ccc1O. The van der Waals surface area contributed by atoms with E-state index in [9.17, 15) is 35.1 Å². The number of carbonyl (C=O) groups excluding carboxylic acids is 3. The number of ether oxygens (including phenoxy) is 2. The van der Waals surface area contributed by atoms with Gasteiger partial charge in [0.2, 0.25) is 17.3 Å². The Hall–Kier alpha value is -6.55. The Balaban J connectivity index is 1.57. The van der Waals surface area contributed by atoms with Crippen molar-refractivity contribution >= 4 is 23.4 Å². The molecule has 1 atom stereocenters. The van der Waals surface area contributed by atoms with Crippen molar-refractivity contribution in [2.45, 2.75) is 66.4 Å². The van der Waals surface area contributed by atoms with E-state index in [-0.39, 0.29) is 81.6 Å². The van der Waals surface area contributed by atoms with E-state index in [0.29, 0.717) is 16.7 Å². The summed E-state index contributed by atoms with van der Waals surface area (Å²) in [6.07, 6.45) is 7.68. The van der Waals surface area contributed by atoms with Gasteiger partial charge in [-0.2, -0.15) is 0 Å². The fourth-order valence-electron chi connectivity index (χ4n) is 6.57. The van der Waals surface area contributed by atoms with Crippen molar-refractivity contribution in [3.63, 3.8) is 0 Å². The van der Waals surface area contributed by atoms with Gasteiger partial charge in [-0.25, -0.2) is 0 Å². The first-order chi connectivity index (χ1) is 26.0. The fraction of sp³-hybridized carbons (Fsp3) is 0.222. The highest BCUT2D eigenvalue weighted by atomic mass is 16.5. The smallest absolute Gasteiger partial charge is 0.259 e. The standard InChI is InChI=1S/C45H42O10/c1-23(2)7-10-26-17-28(12-15-34(26)46)43(52)45(44(53)32-18-27(11-8-24(3)4)36(48)22-39(32)55-45)33-21-38(50)37(49)19-29(33)20-40-41(51)31-14-16-35(47)30(42(31)54-40)13-9-25(5)6/h7-9,12,14-22,46-50H,10-11,13H2,1-6H3. The molecule has 0 radical (unpaired) electrons. The van der Waals surface area contributed by atoms with Crippen LogP contribution < -0.4 is 9.47 Å². The van der Waals surface area contributed by atoms with Crippen LogP contribution in [0.5, 0.6) is 40.2 Å². The second-order valence-electron chi connectivity index (χ2n) is 14.5. The number of phenolic OH excluding ortho intramolecular Hbond substituents is 5. The predicted octanol–water partition coefficient (Wildman–Crippen LogP) is 8.71. The molecule has 55 heavy (non-hydrogen) atoms. The number of hydrogen-bond acceptors (Lipinski definition) is 10. The minimum Gasteiger partial charge on any atom is -0.508 e. The predicted molar refractivity (Wildman–Crippen MR) is 207 cm³/mol. The summed E-state index contributed by atoms with van der Waals surface area (Å²) in [5.41, 5.74) is 1.38. The molecule has 0 spiro atoms. The number of benzene rings is 4. The van der Waals surface area contributed by atoms with E-state index in [0.717, 1.165) is 28.9 Å². The Morgan fingerprint density at radius 1 is 0.655 bits per heavy atom. The second kappa shape index (κ2) is 14.7. The van der Waals surface area contributed by atoms with Crippen molar-refractivity contribution in [1.82, 2.24) is 0 Å². The molecular formula is C45H42O10. The third kappa shape index (κ3) is 7.11. The van der Waals surface area contributed by atoms with Crippen LogP contribution in [0.3, 0.4) is 0 Å². The molecule has 10 nitrogen and oxygen atoms in total. The van der Waals surface area contributed by atoms with Crippen LogP contribution in [0.2, 0.25) is 0 Å². The van der Waals surface area contributed by atoms with Gasteiger partial charge in [-0.15, -0.1) is 0 Å². The van der Waals surface area contributed by atoms with E-state index in [1.807, 2.05) is 59.8 Å². The summed E-state index contributed by atoms with van der Waals surface area (Å²) in [7, 11) is 0. The second-order valence-corrected chi connectivity index (χ2v) is 14.5. The number of allylic oxidation sites excluding steroid dienone is 7. The maximum absolute atomic E-state index is 15.1. The Labute approximate surface area is 318 Å². The topological polar surface area (TPSA) is 171 Å². The van der Waals surface area contributed by atoms with Crippen molar-refractivity contribution in [2.24, 2.45) is 0 Å². The van der Waals surface area contributed by atoms with Gasteiger partial charge in [-0.1, -0.05) is 34.9 Å². The molecule has 0 aromatic heterocycles. The van der Waals surface area contributed by atoms with Crippen molar-refractivity contribution in [3.8, 4) is 40.2 Å². The van der Waals surface area contributed by atoms with Gasteiger partial charge in [0.25, 0.3) is 5.60 Å². The fourth-order valence-corrected chi connectivity index (χ4v) is 6.57. The minimum absolute atomic E-state index is 0.0157. The quantitative estimate of drug-likeness (QED) is 0.0348. The lowest BCUT2D eigenvalue weighted by atomic mass is 9.78. The van der Waals surface area contributed by atoms with Gasteiger partial charge < -0.3 is 35.0 Å². The zero-order valence-corrected chi connectivity index (χ0v) is 31.4. The molecule has 2 aliphatic heterocycles. The third-order valence-electron chi connectivity index (χ3n) is 9.57. The van der Waals surface area contributed by atoms with Gasteiger partial charge in [0.15, 0.2) is 17.3 Å². The molecule has 0 saturated carbocycles. The zero-order valence-electron chi connectivity index (χ0n) is 31.4. The van der Waals surface area contributed by atoms with Crippen molar-refractivity contribution in [1.29, 1.82) is 0 Å². The van der Waals surface area contributed by atoms with Crippen LogP contribution in [0.4, 0.5) is 0 Å². The molecule has 5 N–H and O–H groups in total. The molecule has 6 rings (SSSR count). The van der Waals surface area contributed by atoms with Crippen LogP contribution in [-0.4, -0.2) is 42.9 Å². The van der Waals surface area contributed by atoms with Gasteiger partial charge >= 0.3 is 0 Å². The number of hydrogen-bond donors (Lipinski definition) is 5. The molecular weight excluding hydrogens is 700 g/mol. The molecule has 0 bridgehead atoms. The number of fused-ring (bicyclic) bond motifs is 2. The van der Waals surface area contributed by atoms with Crippen LogP contribution in [0.1, 0.15) is 100 Å². The highest BCUT2D eigenvalue weighted by molar-refractivity contribution is 6.26. The van der Waals surface area contributed by atoms with Crippen molar-refractivity contribution in [3.05, 3.63) is 140 Å². The summed E-state index contributed by atoms with van der Waals surface area (Å²) in [6.45, 7) is 11.4. The van der Waals surface area contributed by atoms with E-state index in [4.69, 9.17) is 9.47 Å². The zero-order chi connectivity index (χ0) is 39.9. The molecule has 0 fully saturated rings. The van der Waals surface area contributed by atoms with Crippen LogP contribution in [0, 0.1) is 0 Å². The van der Waals surface area contributed by atoms with Crippen LogP contribution in [0.25, 0.3) is 6.08 Å². The highest BCUT2D eigenvalue weighted by Crippen LogP contribution is 2.49. The monoisotopic (exact) mass is 742 g/mol. The summed E-state index contributed by atoms with van der Waals surface area (Å²) < 4.78 is 12.5. The number of ketones is 3. The first-order valence-electron chi connectivity index (χ1n) is 17.7. The van der Waals surface area contributed by atoms with Crippen molar-refractivity contribution in [2.75, 3.05) is 0 Å². The largest absolute Gasteiger partial charge is 0.508 e.